The molecule has 0 bridgehead atoms. The minimum atomic E-state index is 0.506. The van der Waals surface area contributed by atoms with Crippen molar-refractivity contribution in [2.24, 2.45) is 5.92 Å². The fourth-order valence-corrected chi connectivity index (χ4v) is 4.14. The molecule has 1 aliphatic heterocycles. The first-order valence-electron chi connectivity index (χ1n) is 11.1. The van der Waals surface area contributed by atoms with Crippen LogP contribution < -0.4 is 14.8 Å². The second-order valence-corrected chi connectivity index (χ2v) is 8.12. The Morgan fingerprint density at radius 3 is 2.97 bits per heavy atom. The van der Waals surface area contributed by atoms with Crippen LogP contribution in [0, 0.1) is 5.92 Å². The number of benzene rings is 1. The number of rotatable bonds is 8. The Morgan fingerprint density at radius 1 is 1.12 bits per heavy atom. The molecule has 1 fully saturated rings. The number of methoxy groups -OCH3 is 1. The van der Waals surface area contributed by atoms with Gasteiger partial charge in [0.25, 0.3) is 0 Å². The summed E-state index contributed by atoms with van der Waals surface area (Å²) in [5, 5.41) is 4.52. The normalized spacial score (nSPS) is 16.5. The fraction of sp³-hybridized carbons (Fsp3) is 0.360. The van der Waals surface area contributed by atoms with E-state index >= 15 is 0 Å². The number of nitrogens with zero attached hydrogens (tertiary/aromatic N) is 3. The van der Waals surface area contributed by atoms with E-state index in [9.17, 15) is 0 Å². The van der Waals surface area contributed by atoms with Crippen molar-refractivity contribution >= 4 is 16.6 Å². The maximum absolute atomic E-state index is 6.23. The number of hydrogen-bond donors (Lipinski definition) is 1. The average molecular weight is 433 g/mol. The zero-order valence-electron chi connectivity index (χ0n) is 18.3. The van der Waals surface area contributed by atoms with Crippen molar-refractivity contribution in [1.29, 1.82) is 0 Å². The number of pyridine rings is 2. The van der Waals surface area contributed by atoms with E-state index in [0.717, 1.165) is 52.5 Å². The summed E-state index contributed by atoms with van der Waals surface area (Å²) >= 11 is 0. The number of piperidine rings is 1. The molecule has 0 spiro atoms. The Kier molecular flexibility index (Phi) is 6.18. The summed E-state index contributed by atoms with van der Waals surface area (Å²) in [6, 6.07) is 14.1. The number of fused-ring (bicyclic) bond motifs is 2. The quantitative estimate of drug-likeness (QED) is 0.425. The minimum Gasteiger partial charge on any atom is -0.491 e. The number of nitrogens with one attached hydrogen (secondary N) is 1. The van der Waals surface area contributed by atoms with E-state index in [1.165, 1.54) is 12.8 Å². The maximum Gasteiger partial charge on any atom is 0.145 e. The molecule has 7 nitrogen and oxygen atoms in total. The molecule has 1 N–H and O–H groups in total. The molecule has 1 atom stereocenters. The third-order valence-corrected chi connectivity index (χ3v) is 5.86. The first kappa shape index (κ1) is 20.7. The largest absolute Gasteiger partial charge is 0.491 e. The SMILES string of the molecule is COCCOc1ccn2c(-c3ccc4cccc(OCC5CCCNC5)c4n3)cnc2c1. The van der Waals surface area contributed by atoms with Gasteiger partial charge in [0.05, 0.1) is 30.8 Å². The summed E-state index contributed by atoms with van der Waals surface area (Å²) in [6.07, 6.45) is 6.22. The van der Waals surface area contributed by atoms with Gasteiger partial charge in [-0.1, -0.05) is 18.2 Å². The highest BCUT2D eigenvalue weighted by atomic mass is 16.5. The average Bonchev–Trinajstić information content (AvgIpc) is 3.26. The standard InChI is InChI=1S/C25H28N4O3/c1-30-12-13-31-20-9-11-29-22(16-27-24(29)14-20)21-8-7-19-5-2-6-23(25(19)28-21)32-17-18-4-3-10-26-15-18/h2,5-9,11,14,16,18,26H,3-4,10,12-13,15,17H2,1H3. The molecular weight excluding hydrogens is 404 g/mol. The van der Waals surface area contributed by atoms with Crippen LogP contribution in [0.15, 0.2) is 54.9 Å². The molecule has 3 aromatic heterocycles. The number of hydrogen-bond acceptors (Lipinski definition) is 6. The monoisotopic (exact) mass is 432 g/mol. The molecule has 0 amide bonds. The topological polar surface area (TPSA) is 69.9 Å². The van der Waals surface area contributed by atoms with Gasteiger partial charge < -0.3 is 19.5 Å². The van der Waals surface area contributed by atoms with Crippen molar-refractivity contribution in [2.75, 3.05) is 40.0 Å². The molecule has 1 unspecified atom stereocenters. The predicted octanol–water partition coefficient (Wildman–Crippen LogP) is 3.95. The Balaban J connectivity index is 1.42. The minimum absolute atomic E-state index is 0.506. The maximum atomic E-state index is 6.23. The smallest absolute Gasteiger partial charge is 0.145 e. The zero-order chi connectivity index (χ0) is 21.8. The lowest BCUT2D eigenvalue weighted by Crippen LogP contribution is -2.33. The van der Waals surface area contributed by atoms with Crippen LogP contribution >= 0.6 is 0 Å². The third-order valence-electron chi connectivity index (χ3n) is 5.86. The summed E-state index contributed by atoms with van der Waals surface area (Å²) in [5.74, 6) is 2.14. The molecule has 0 saturated carbocycles. The number of aromatic nitrogens is 3. The summed E-state index contributed by atoms with van der Waals surface area (Å²) < 4.78 is 19.0. The molecule has 1 aliphatic rings. The first-order chi connectivity index (χ1) is 15.8. The molecular formula is C25H28N4O3. The van der Waals surface area contributed by atoms with Crippen LogP contribution in [0.1, 0.15) is 12.8 Å². The molecule has 0 aliphatic carbocycles. The highest BCUT2D eigenvalue weighted by molar-refractivity contribution is 5.86. The Labute approximate surface area is 187 Å². The molecule has 32 heavy (non-hydrogen) atoms. The van der Waals surface area contributed by atoms with Crippen molar-refractivity contribution in [3.05, 3.63) is 54.9 Å². The van der Waals surface area contributed by atoms with E-state index < -0.39 is 0 Å². The molecule has 4 heterocycles. The van der Waals surface area contributed by atoms with E-state index in [1.54, 1.807) is 7.11 Å². The lowest BCUT2D eigenvalue weighted by atomic mass is 10.0. The lowest BCUT2D eigenvalue weighted by Gasteiger charge is -2.23. The van der Waals surface area contributed by atoms with Gasteiger partial charge in [0.1, 0.15) is 29.3 Å². The van der Waals surface area contributed by atoms with Gasteiger partial charge in [-0.3, -0.25) is 4.40 Å². The van der Waals surface area contributed by atoms with Crippen molar-refractivity contribution in [3.63, 3.8) is 0 Å². The van der Waals surface area contributed by atoms with Crippen molar-refractivity contribution in [1.82, 2.24) is 19.7 Å². The Bertz CT molecular complexity index is 1200. The Hall–Kier alpha value is -3.16. The number of para-hydroxylation sites is 1. The highest BCUT2D eigenvalue weighted by Gasteiger charge is 2.15. The van der Waals surface area contributed by atoms with Crippen LogP contribution in [0.5, 0.6) is 11.5 Å². The first-order valence-corrected chi connectivity index (χ1v) is 11.1. The Morgan fingerprint density at radius 2 is 2.09 bits per heavy atom. The van der Waals surface area contributed by atoms with E-state index in [2.05, 4.69) is 22.4 Å². The second-order valence-electron chi connectivity index (χ2n) is 8.12. The molecule has 1 saturated heterocycles. The molecule has 1 aromatic carbocycles. The van der Waals surface area contributed by atoms with Gasteiger partial charge in [0.15, 0.2) is 0 Å². The third kappa shape index (κ3) is 4.40. The van der Waals surface area contributed by atoms with Crippen LogP contribution in [-0.2, 0) is 4.74 Å². The highest BCUT2D eigenvalue weighted by Crippen LogP contribution is 2.29. The summed E-state index contributed by atoms with van der Waals surface area (Å²) in [6.45, 7) is 3.89. The molecule has 0 radical (unpaired) electrons. The lowest BCUT2D eigenvalue weighted by molar-refractivity contribution is 0.146. The van der Waals surface area contributed by atoms with Gasteiger partial charge >= 0.3 is 0 Å². The second kappa shape index (κ2) is 9.54. The van der Waals surface area contributed by atoms with Crippen LogP contribution in [-0.4, -0.2) is 54.4 Å². The number of imidazole rings is 1. The molecule has 166 valence electrons. The summed E-state index contributed by atoms with van der Waals surface area (Å²) in [4.78, 5) is 9.52. The van der Waals surface area contributed by atoms with Crippen molar-refractivity contribution in [3.8, 4) is 22.9 Å². The summed E-state index contributed by atoms with van der Waals surface area (Å²) in [5.41, 5.74) is 3.47. The van der Waals surface area contributed by atoms with Crippen LogP contribution in [0.3, 0.4) is 0 Å². The number of ether oxygens (including phenoxy) is 3. The van der Waals surface area contributed by atoms with Crippen molar-refractivity contribution < 1.29 is 14.2 Å². The molecule has 7 heteroatoms. The van der Waals surface area contributed by atoms with Gasteiger partial charge in [-0.25, -0.2) is 9.97 Å². The van der Waals surface area contributed by atoms with E-state index in [4.69, 9.17) is 19.2 Å². The predicted molar refractivity (Wildman–Crippen MR) is 124 cm³/mol. The van der Waals surface area contributed by atoms with Crippen LogP contribution in [0.4, 0.5) is 0 Å². The van der Waals surface area contributed by atoms with E-state index in [1.807, 2.05) is 47.1 Å². The van der Waals surface area contributed by atoms with Crippen molar-refractivity contribution in [2.45, 2.75) is 12.8 Å². The van der Waals surface area contributed by atoms with E-state index in [0.29, 0.717) is 25.7 Å². The van der Waals surface area contributed by atoms with Gasteiger partial charge in [0, 0.05) is 37.2 Å². The molecule has 4 aromatic rings. The van der Waals surface area contributed by atoms with Gasteiger partial charge in [-0.05, 0) is 37.6 Å². The van der Waals surface area contributed by atoms with Crippen LogP contribution in [0.25, 0.3) is 27.9 Å². The molecule has 5 rings (SSSR count). The fourth-order valence-electron chi connectivity index (χ4n) is 4.14. The van der Waals surface area contributed by atoms with Gasteiger partial charge in [-0.2, -0.15) is 0 Å². The summed E-state index contributed by atoms with van der Waals surface area (Å²) in [7, 11) is 1.66. The van der Waals surface area contributed by atoms with Crippen LogP contribution in [0.2, 0.25) is 0 Å². The zero-order valence-corrected chi connectivity index (χ0v) is 18.3. The van der Waals surface area contributed by atoms with Gasteiger partial charge in [-0.15, -0.1) is 0 Å². The van der Waals surface area contributed by atoms with Gasteiger partial charge in [0.2, 0.25) is 0 Å². The van der Waals surface area contributed by atoms with E-state index in [-0.39, 0.29) is 0 Å².